The van der Waals surface area contributed by atoms with Crippen LogP contribution in [0, 0.1) is 0 Å². The summed E-state index contributed by atoms with van der Waals surface area (Å²) in [6, 6.07) is 5.38. The lowest BCUT2D eigenvalue weighted by molar-refractivity contribution is -0.137. The van der Waals surface area contributed by atoms with Gasteiger partial charge in [0.25, 0.3) is 10.0 Å². The molecule has 13 heteroatoms. The van der Waals surface area contributed by atoms with Crippen LogP contribution < -0.4 is 9.62 Å². The molecule has 1 fully saturated rings. The average Bonchev–Trinajstić information content (AvgIpc) is 3.25. The monoisotopic (exact) mass is 442 g/mol. The number of carbonyl (C=O) groups is 3. The number of amides is 2. The molecule has 2 heterocycles. The lowest BCUT2D eigenvalue weighted by atomic mass is 10.3. The summed E-state index contributed by atoms with van der Waals surface area (Å²) in [5.74, 6) is -1.03. The number of carbonyl (C=O) groups excluding carboxylic acids is 3. The molecule has 0 unspecified atom stereocenters. The lowest BCUT2D eigenvalue weighted by Gasteiger charge is -2.14. The summed E-state index contributed by atoms with van der Waals surface area (Å²) in [5, 5.41) is 7.58. The zero-order valence-electron chi connectivity index (χ0n) is 14.4. The van der Waals surface area contributed by atoms with Crippen molar-refractivity contribution in [2.75, 3.05) is 22.5 Å². The average molecular weight is 443 g/mol. The molecule has 1 N–H and O–H groups in total. The van der Waals surface area contributed by atoms with E-state index in [4.69, 9.17) is 0 Å². The molecule has 28 heavy (non-hydrogen) atoms. The van der Waals surface area contributed by atoms with Crippen molar-refractivity contribution in [2.45, 2.75) is 22.1 Å². The van der Waals surface area contributed by atoms with Crippen LogP contribution in [-0.4, -0.2) is 49.3 Å². The number of imide groups is 1. The van der Waals surface area contributed by atoms with Crippen molar-refractivity contribution in [3.05, 3.63) is 24.3 Å². The molecule has 1 saturated heterocycles. The number of benzene rings is 1. The fraction of sp³-hybridized carbons (Fsp3) is 0.267. The number of nitrogens with zero attached hydrogens (tertiary/aromatic N) is 3. The van der Waals surface area contributed by atoms with Crippen LogP contribution in [0.4, 0.5) is 10.8 Å². The summed E-state index contributed by atoms with van der Waals surface area (Å²) >= 11 is 2.05. The van der Waals surface area contributed by atoms with Gasteiger partial charge in [0, 0.05) is 12.8 Å². The number of anilines is 2. The standard InChI is InChI=1S/C15H14N4O6S3/c1-25-13(22)8-26-15-17-16-14(27-15)18-28(23,24)10-4-2-9(3-5-10)19-11(20)6-7-12(19)21/h2-5H,6-8H2,1H3,(H,16,18). The molecule has 1 aromatic carbocycles. The smallest absolute Gasteiger partial charge is 0.316 e. The van der Waals surface area contributed by atoms with Gasteiger partial charge >= 0.3 is 5.97 Å². The number of hydrogen-bond acceptors (Lipinski definition) is 10. The number of rotatable bonds is 7. The number of sulfonamides is 1. The van der Waals surface area contributed by atoms with Crippen molar-refractivity contribution in [1.82, 2.24) is 10.2 Å². The Kier molecular flexibility index (Phi) is 5.96. The number of esters is 1. The van der Waals surface area contributed by atoms with Gasteiger partial charge in [0.15, 0.2) is 4.34 Å². The molecule has 2 amide bonds. The second-order valence-corrected chi connectivity index (χ2v) is 9.34. The van der Waals surface area contributed by atoms with Gasteiger partial charge in [0.05, 0.1) is 23.4 Å². The first-order chi connectivity index (χ1) is 13.3. The van der Waals surface area contributed by atoms with E-state index in [9.17, 15) is 22.8 Å². The van der Waals surface area contributed by atoms with Crippen LogP contribution in [0.1, 0.15) is 12.8 Å². The second kappa shape index (κ2) is 8.24. The maximum atomic E-state index is 12.5. The van der Waals surface area contributed by atoms with Crippen molar-refractivity contribution in [1.29, 1.82) is 0 Å². The Morgan fingerprint density at radius 2 is 1.86 bits per heavy atom. The van der Waals surface area contributed by atoms with Gasteiger partial charge in [0.2, 0.25) is 16.9 Å². The van der Waals surface area contributed by atoms with E-state index in [1.54, 1.807) is 0 Å². The molecular weight excluding hydrogens is 428 g/mol. The highest BCUT2D eigenvalue weighted by Crippen LogP contribution is 2.28. The van der Waals surface area contributed by atoms with E-state index in [0.29, 0.717) is 10.0 Å². The zero-order valence-corrected chi connectivity index (χ0v) is 16.9. The Hall–Kier alpha value is -2.51. The van der Waals surface area contributed by atoms with Gasteiger partial charge in [-0.3, -0.25) is 24.0 Å². The second-order valence-electron chi connectivity index (χ2n) is 5.46. The predicted octanol–water partition coefficient (Wildman–Crippen LogP) is 1.26. The molecule has 0 bridgehead atoms. The minimum absolute atomic E-state index is 0.0350. The summed E-state index contributed by atoms with van der Waals surface area (Å²) in [4.78, 5) is 35.6. The van der Waals surface area contributed by atoms with Gasteiger partial charge in [-0.1, -0.05) is 23.1 Å². The zero-order chi connectivity index (χ0) is 20.3. The number of ether oxygens (including phenoxy) is 1. The van der Waals surface area contributed by atoms with E-state index in [0.717, 1.165) is 28.0 Å². The molecule has 3 rings (SSSR count). The van der Waals surface area contributed by atoms with Crippen LogP contribution in [-0.2, 0) is 29.1 Å². The van der Waals surface area contributed by atoms with Gasteiger partial charge in [-0.05, 0) is 24.3 Å². The fourth-order valence-corrected chi connectivity index (χ4v) is 5.12. The van der Waals surface area contributed by atoms with Crippen molar-refractivity contribution in [3.8, 4) is 0 Å². The van der Waals surface area contributed by atoms with Crippen LogP contribution in [0.3, 0.4) is 0 Å². The third-order valence-electron chi connectivity index (χ3n) is 3.63. The summed E-state index contributed by atoms with van der Waals surface area (Å²) < 4.78 is 32.2. The minimum atomic E-state index is -3.93. The number of hydrogen-bond donors (Lipinski definition) is 1. The minimum Gasteiger partial charge on any atom is -0.468 e. The Labute approximate surface area is 168 Å². The van der Waals surface area contributed by atoms with Crippen LogP contribution in [0.15, 0.2) is 33.5 Å². The Morgan fingerprint density at radius 3 is 2.46 bits per heavy atom. The van der Waals surface area contributed by atoms with Gasteiger partial charge in [0.1, 0.15) is 0 Å². The van der Waals surface area contributed by atoms with Crippen molar-refractivity contribution < 1.29 is 27.5 Å². The molecule has 148 valence electrons. The van der Waals surface area contributed by atoms with E-state index >= 15 is 0 Å². The fourth-order valence-electron chi connectivity index (χ4n) is 2.30. The quantitative estimate of drug-likeness (QED) is 0.382. The van der Waals surface area contributed by atoms with Crippen LogP contribution in [0.25, 0.3) is 0 Å². The van der Waals surface area contributed by atoms with E-state index < -0.39 is 16.0 Å². The Morgan fingerprint density at radius 1 is 1.21 bits per heavy atom. The number of nitrogens with one attached hydrogen (secondary N) is 1. The van der Waals surface area contributed by atoms with Crippen molar-refractivity contribution in [2.24, 2.45) is 0 Å². The van der Waals surface area contributed by atoms with E-state index in [1.807, 2.05) is 0 Å². The number of aromatic nitrogens is 2. The predicted molar refractivity (Wildman–Crippen MR) is 102 cm³/mol. The molecular formula is C15H14N4O6S3. The summed E-state index contributed by atoms with van der Waals surface area (Å²) in [5.41, 5.74) is 0.323. The maximum Gasteiger partial charge on any atom is 0.316 e. The molecule has 0 saturated carbocycles. The van der Waals surface area contributed by atoms with E-state index in [-0.39, 0.29) is 40.4 Å². The molecule has 1 aliphatic rings. The highest BCUT2D eigenvalue weighted by Gasteiger charge is 2.30. The molecule has 0 spiro atoms. The molecule has 0 radical (unpaired) electrons. The Bertz CT molecular complexity index is 1000. The van der Waals surface area contributed by atoms with E-state index in [1.165, 1.54) is 31.4 Å². The summed E-state index contributed by atoms with van der Waals surface area (Å²) in [7, 11) is -2.67. The first-order valence-electron chi connectivity index (χ1n) is 7.82. The van der Waals surface area contributed by atoms with Crippen LogP contribution in [0.5, 0.6) is 0 Å². The van der Waals surface area contributed by atoms with Gasteiger partial charge < -0.3 is 4.74 Å². The first kappa shape index (κ1) is 20.2. The number of methoxy groups -OCH3 is 1. The molecule has 0 aliphatic carbocycles. The maximum absolute atomic E-state index is 12.5. The molecule has 1 aromatic heterocycles. The first-order valence-corrected chi connectivity index (χ1v) is 11.1. The molecule has 0 atom stereocenters. The van der Waals surface area contributed by atoms with Crippen LogP contribution >= 0.6 is 23.1 Å². The lowest BCUT2D eigenvalue weighted by Crippen LogP contribution is -2.28. The van der Waals surface area contributed by atoms with Gasteiger partial charge in [-0.25, -0.2) is 8.42 Å². The largest absolute Gasteiger partial charge is 0.468 e. The third kappa shape index (κ3) is 4.48. The van der Waals surface area contributed by atoms with E-state index in [2.05, 4.69) is 19.7 Å². The van der Waals surface area contributed by atoms with Gasteiger partial charge in [-0.2, -0.15) is 0 Å². The van der Waals surface area contributed by atoms with Crippen molar-refractivity contribution >= 4 is 61.7 Å². The molecule has 2 aromatic rings. The number of thioether (sulfide) groups is 1. The Balaban J connectivity index is 1.69. The SMILES string of the molecule is COC(=O)CSc1nnc(NS(=O)(=O)c2ccc(N3C(=O)CCC3=O)cc2)s1. The molecule has 10 nitrogen and oxygen atoms in total. The normalized spacial score (nSPS) is 14.4. The van der Waals surface area contributed by atoms with Crippen molar-refractivity contribution in [3.63, 3.8) is 0 Å². The highest BCUT2D eigenvalue weighted by molar-refractivity contribution is 8.01. The van der Waals surface area contributed by atoms with Crippen LogP contribution in [0.2, 0.25) is 0 Å². The molecule has 1 aliphatic heterocycles. The summed E-state index contributed by atoms with van der Waals surface area (Å²) in [6.07, 6.45) is 0.293. The highest BCUT2D eigenvalue weighted by atomic mass is 32.2. The summed E-state index contributed by atoms with van der Waals surface area (Å²) in [6.45, 7) is 0. The topological polar surface area (TPSA) is 136 Å². The third-order valence-corrected chi connectivity index (χ3v) is 7.06. The van der Waals surface area contributed by atoms with Gasteiger partial charge in [-0.15, -0.1) is 10.2 Å².